The van der Waals surface area contributed by atoms with Crippen molar-refractivity contribution in [1.82, 2.24) is 0 Å². The van der Waals surface area contributed by atoms with Gasteiger partial charge >= 0.3 is 0 Å². The summed E-state index contributed by atoms with van der Waals surface area (Å²) < 4.78 is 0. The van der Waals surface area contributed by atoms with E-state index in [0.29, 0.717) is 9.93 Å². The molecule has 0 aromatic heterocycles. The van der Waals surface area contributed by atoms with Gasteiger partial charge in [-0.25, -0.2) is 0 Å². The fourth-order valence-corrected chi connectivity index (χ4v) is 3.38. The van der Waals surface area contributed by atoms with Crippen molar-refractivity contribution in [2.24, 2.45) is 0 Å². The lowest BCUT2D eigenvalue weighted by Gasteiger charge is -2.23. The summed E-state index contributed by atoms with van der Waals surface area (Å²) in [5.41, 5.74) is 2.84. The second-order valence-electron chi connectivity index (χ2n) is 4.49. The lowest BCUT2D eigenvalue weighted by atomic mass is 10.1. The Morgan fingerprint density at radius 2 is 1.90 bits per heavy atom. The predicted molar refractivity (Wildman–Crippen MR) is 85.0 cm³/mol. The number of fused-ring (bicyclic) bond motifs is 1. The predicted octanol–water partition coefficient (Wildman–Crippen LogP) is 4.82. The molecule has 3 rings (SSSR count). The minimum atomic E-state index is 0.0481. The van der Waals surface area contributed by atoms with Crippen LogP contribution in [0.5, 0.6) is 0 Å². The highest BCUT2D eigenvalue weighted by Gasteiger charge is 2.22. The van der Waals surface area contributed by atoms with E-state index in [-0.39, 0.29) is 5.78 Å². The molecule has 20 heavy (non-hydrogen) atoms. The molecule has 0 unspecified atom stereocenters. The number of ketones is 1. The van der Waals surface area contributed by atoms with E-state index in [0.717, 1.165) is 21.8 Å². The Morgan fingerprint density at radius 3 is 2.60 bits per heavy atom. The van der Waals surface area contributed by atoms with Crippen LogP contribution in [-0.2, 0) is 4.79 Å². The van der Waals surface area contributed by atoms with Crippen molar-refractivity contribution in [2.45, 2.75) is 11.8 Å². The summed E-state index contributed by atoms with van der Waals surface area (Å²) in [4.78, 5) is 13.6. The smallest absolute Gasteiger partial charge is 0.168 e. The van der Waals surface area contributed by atoms with Gasteiger partial charge < -0.3 is 5.32 Å². The van der Waals surface area contributed by atoms with Crippen LogP contribution in [0.2, 0.25) is 5.02 Å². The number of allylic oxidation sites excluding steroid dienone is 1. The average Bonchev–Trinajstić information content (AvgIpc) is 2.46. The van der Waals surface area contributed by atoms with E-state index in [1.807, 2.05) is 48.5 Å². The van der Waals surface area contributed by atoms with Crippen LogP contribution in [0, 0.1) is 0 Å². The van der Waals surface area contributed by atoms with Gasteiger partial charge in [-0.15, -0.1) is 0 Å². The van der Waals surface area contributed by atoms with E-state index in [1.54, 1.807) is 6.92 Å². The molecular formula is C16H12ClNOS. The number of rotatable bonds is 2. The molecule has 1 aliphatic rings. The number of nitrogens with one attached hydrogen (secondary N) is 1. The van der Waals surface area contributed by atoms with Gasteiger partial charge in [0, 0.05) is 9.92 Å². The molecule has 1 N–H and O–H groups in total. The van der Waals surface area contributed by atoms with Crippen LogP contribution in [0.3, 0.4) is 0 Å². The standard InChI is InChI=1S/C16H12ClNOS/c1-10(19)16-15(11-5-3-2-4-6-11)18-13-8-7-12(17)9-14(13)20-16/h2-9,18H,1H3. The number of thioether (sulfide) groups is 1. The van der Waals surface area contributed by atoms with Gasteiger partial charge in [0.1, 0.15) is 0 Å². The van der Waals surface area contributed by atoms with Crippen LogP contribution in [0.15, 0.2) is 58.3 Å². The van der Waals surface area contributed by atoms with Crippen LogP contribution >= 0.6 is 23.4 Å². The lowest BCUT2D eigenvalue weighted by molar-refractivity contribution is -0.112. The van der Waals surface area contributed by atoms with E-state index in [9.17, 15) is 4.79 Å². The molecule has 2 aromatic carbocycles. The van der Waals surface area contributed by atoms with Crippen LogP contribution in [0.1, 0.15) is 12.5 Å². The molecule has 0 radical (unpaired) electrons. The third kappa shape index (κ3) is 2.47. The molecule has 100 valence electrons. The number of benzene rings is 2. The van der Waals surface area contributed by atoms with Crippen molar-refractivity contribution >= 4 is 40.5 Å². The first-order valence-corrected chi connectivity index (χ1v) is 7.39. The number of carbonyl (C=O) groups excluding carboxylic acids is 1. The van der Waals surface area contributed by atoms with E-state index < -0.39 is 0 Å². The fourth-order valence-electron chi connectivity index (χ4n) is 2.09. The van der Waals surface area contributed by atoms with E-state index in [4.69, 9.17) is 11.6 Å². The van der Waals surface area contributed by atoms with Gasteiger partial charge in [-0.1, -0.05) is 53.7 Å². The highest BCUT2D eigenvalue weighted by atomic mass is 35.5. The Bertz CT molecular complexity index is 710. The van der Waals surface area contributed by atoms with Gasteiger partial charge in [-0.2, -0.15) is 0 Å². The van der Waals surface area contributed by atoms with Crippen molar-refractivity contribution in [3.05, 3.63) is 64.0 Å². The Hall–Kier alpha value is -1.71. The van der Waals surface area contributed by atoms with Crippen LogP contribution in [-0.4, -0.2) is 5.78 Å². The van der Waals surface area contributed by atoms with Crippen molar-refractivity contribution in [1.29, 1.82) is 0 Å². The molecule has 0 amide bonds. The lowest BCUT2D eigenvalue weighted by Crippen LogP contribution is -2.11. The van der Waals surface area contributed by atoms with E-state index in [2.05, 4.69) is 5.32 Å². The van der Waals surface area contributed by atoms with Crippen LogP contribution in [0.4, 0.5) is 5.69 Å². The topological polar surface area (TPSA) is 29.1 Å². The molecule has 1 aliphatic heterocycles. The monoisotopic (exact) mass is 301 g/mol. The summed E-state index contributed by atoms with van der Waals surface area (Å²) >= 11 is 7.48. The van der Waals surface area contributed by atoms with Gasteiger partial charge in [-0.05, 0) is 30.7 Å². The third-order valence-electron chi connectivity index (χ3n) is 3.02. The number of carbonyl (C=O) groups is 1. The fraction of sp³-hybridized carbons (Fsp3) is 0.0625. The first-order valence-electron chi connectivity index (χ1n) is 6.20. The van der Waals surface area contributed by atoms with Gasteiger partial charge in [0.2, 0.25) is 0 Å². The van der Waals surface area contributed by atoms with Crippen molar-refractivity contribution in [2.75, 3.05) is 5.32 Å². The first-order chi connectivity index (χ1) is 9.65. The highest BCUT2D eigenvalue weighted by Crippen LogP contribution is 2.43. The quantitative estimate of drug-likeness (QED) is 0.862. The minimum absolute atomic E-state index is 0.0481. The molecule has 0 saturated heterocycles. The van der Waals surface area contributed by atoms with Gasteiger partial charge in [0.25, 0.3) is 0 Å². The van der Waals surface area contributed by atoms with Crippen molar-refractivity contribution in [3.8, 4) is 0 Å². The maximum absolute atomic E-state index is 11.9. The zero-order chi connectivity index (χ0) is 14.1. The Balaban J connectivity index is 2.11. The number of hydrogen-bond acceptors (Lipinski definition) is 3. The zero-order valence-electron chi connectivity index (χ0n) is 10.8. The second kappa shape index (κ2) is 5.35. The average molecular weight is 302 g/mol. The molecule has 2 nitrogen and oxygen atoms in total. The number of anilines is 1. The maximum Gasteiger partial charge on any atom is 0.168 e. The van der Waals surface area contributed by atoms with Crippen molar-refractivity contribution < 1.29 is 4.79 Å². The van der Waals surface area contributed by atoms with Crippen LogP contribution < -0.4 is 5.32 Å². The molecule has 0 bridgehead atoms. The number of hydrogen-bond donors (Lipinski definition) is 1. The maximum atomic E-state index is 11.9. The first kappa shape index (κ1) is 13.3. The molecular weight excluding hydrogens is 290 g/mol. The minimum Gasteiger partial charge on any atom is -0.353 e. The zero-order valence-corrected chi connectivity index (χ0v) is 12.4. The van der Waals surface area contributed by atoms with E-state index in [1.165, 1.54) is 11.8 Å². The largest absolute Gasteiger partial charge is 0.353 e. The summed E-state index contributed by atoms with van der Waals surface area (Å²) in [6.07, 6.45) is 0. The number of halogens is 1. The molecule has 1 heterocycles. The molecule has 0 atom stereocenters. The highest BCUT2D eigenvalue weighted by molar-refractivity contribution is 8.04. The van der Waals surface area contributed by atoms with Gasteiger partial charge in [0.15, 0.2) is 5.78 Å². The molecule has 0 fully saturated rings. The third-order valence-corrected chi connectivity index (χ3v) is 4.51. The summed E-state index contributed by atoms with van der Waals surface area (Å²) in [5, 5.41) is 4.02. The molecule has 0 saturated carbocycles. The SMILES string of the molecule is CC(=O)C1=C(c2ccccc2)Nc2ccc(Cl)cc2S1. The summed E-state index contributed by atoms with van der Waals surface area (Å²) in [6.45, 7) is 1.59. The summed E-state index contributed by atoms with van der Waals surface area (Å²) in [7, 11) is 0. The van der Waals surface area contributed by atoms with E-state index >= 15 is 0 Å². The Morgan fingerprint density at radius 1 is 1.15 bits per heavy atom. The normalized spacial score (nSPS) is 13.7. The molecule has 2 aromatic rings. The second-order valence-corrected chi connectivity index (χ2v) is 5.98. The summed E-state index contributed by atoms with van der Waals surface area (Å²) in [6, 6.07) is 15.5. The van der Waals surface area contributed by atoms with Crippen LogP contribution in [0.25, 0.3) is 5.70 Å². The summed E-state index contributed by atoms with van der Waals surface area (Å²) in [5.74, 6) is 0.0481. The molecule has 0 spiro atoms. The molecule has 4 heteroatoms. The van der Waals surface area contributed by atoms with Gasteiger partial charge in [0.05, 0.1) is 16.3 Å². The van der Waals surface area contributed by atoms with Gasteiger partial charge in [-0.3, -0.25) is 4.79 Å². The molecule has 0 aliphatic carbocycles. The number of Topliss-reactive ketones (excluding diaryl/α,β-unsaturated/α-hetero) is 1. The van der Waals surface area contributed by atoms with Crippen molar-refractivity contribution in [3.63, 3.8) is 0 Å². The Labute approximate surface area is 126 Å². The Kier molecular flexibility index (Phi) is 3.55.